The predicted molar refractivity (Wildman–Crippen MR) is 89.0 cm³/mol. The number of rotatable bonds is 3. The molecule has 3 unspecified atom stereocenters. The molecule has 1 aromatic rings. The molecule has 0 bridgehead atoms. The molecule has 2 heteroatoms. The normalized spacial score (nSPS) is 30.3. The molecule has 0 saturated carbocycles. The second-order valence-corrected chi connectivity index (χ2v) is 8.11. The van der Waals surface area contributed by atoms with E-state index in [0.717, 1.165) is 18.5 Å². The SMILES string of the molecule is CC(C)(C)CC1CC2CCCNC2N1Cc1ccccc1. The number of benzene rings is 1. The van der Waals surface area contributed by atoms with Gasteiger partial charge in [0.25, 0.3) is 0 Å². The highest BCUT2D eigenvalue weighted by Gasteiger charge is 2.42. The Morgan fingerprint density at radius 3 is 2.67 bits per heavy atom. The van der Waals surface area contributed by atoms with Crippen LogP contribution in [0.1, 0.15) is 52.0 Å². The van der Waals surface area contributed by atoms with Crippen LogP contribution in [0, 0.1) is 11.3 Å². The maximum absolute atomic E-state index is 3.79. The third kappa shape index (κ3) is 3.67. The van der Waals surface area contributed by atoms with Crippen molar-refractivity contribution in [2.24, 2.45) is 11.3 Å². The first kappa shape index (κ1) is 15.1. The lowest BCUT2D eigenvalue weighted by Gasteiger charge is -2.36. The molecule has 3 rings (SSSR count). The molecule has 2 saturated heterocycles. The van der Waals surface area contributed by atoms with E-state index in [0.29, 0.717) is 11.6 Å². The Kier molecular flexibility index (Phi) is 4.37. The first-order valence-electron chi connectivity index (χ1n) is 8.56. The van der Waals surface area contributed by atoms with Gasteiger partial charge in [0.05, 0.1) is 6.17 Å². The standard InChI is InChI=1S/C19H30N2/c1-19(2,3)13-17-12-16-10-7-11-20-18(16)21(17)14-15-8-5-4-6-9-15/h4-6,8-9,16-18,20H,7,10-14H2,1-3H3. The van der Waals surface area contributed by atoms with Gasteiger partial charge < -0.3 is 5.32 Å². The van der Waals surface area contributed by atoms with Crippen molar-refractivity contribution in [2.75, 3.05) is 6.54 Å². The van der Waals surface area contributed by atoms with Crippen molar-refractivity contribution in [3.63, 3.8) is 0 Å². The van der Waals surface area contributed by atoms with Gasteiger partial charge in [-0.15, -0.1) is 0 Å². The second-order valence-electron chi connectivity index (χ2n) is 8.11. The molecule has 2 heterocycles. The van der Waals surface area contributed by atoms with Crippen LogP contribution in [0.3, 0.4) is 0 Å². The predicted octanol–water partition coefficient (Wildman–Crippen LogP) is 4.02. The smallest absolute Gasteiger partial charge is 0.0632 e. The Hall–Kier alpha value is -0.860. The summed E-state index contributed by atoms with van der Waals surface area (Å²) in [4.78, 5) is 2.75. The fourth-order valence-corrected chi connectivity index (χ4v) is 4.21. The van der Waals surface area contributed by atoms with Gasteiger partial charge in [0.2, 0.25) is 0 Å². The van der Waals surface area contributed by atoms with Gasteiger partial charge in [-0.1, -0.05) is 51.1 Å². The summed E-state index contributed by atoms with van der Waals surface area (Å²) >= 11 is 0. The van der Waals surface area contributed by atoms with Crippen molar-refractivity contribution in [3.05, 3.63) is 35.9 Å². The minimum Gasteiger partial charge on any atom is -0.301 e. The second kappa shape index (κ2) is 6.10. The molecule has 3 atom stereocenters. The molecule has 0 aromatic heterocycles. The van der Waals surface area contributed by atoms with Crippen molar-refractivity contribution in [1.82, 2.24) is 10.2 Å². The third-order valence-electron chi connectivity index (χ3n) is 5.01. The molecule has 116 valence electrons. The van der Waals surface area contributed by atoms with E-state index in [1.807, 2.05) is 0 Å². The van der Waals surface area contributed by atoms with E-state index in [4.69, 9.17) is 0 Å². The Labute approximate surface area is 129 Å². The van der Waals surface area contributed by atoms with Crippen LogP contribution >= 0.6 is 0 Å². The summed E-state index contributed by atoms with van der Waals surface area (Å²) in [5, 5.41) is 3.79. The Bertz CT molecular complexity index is 448. The zero-order chi connectivity index (χ0) is 14.9. The molecule has 0 amide bonds. The molecule has 21 heavy (non-hydrogen) atoms. The van der Waals surface area contributed by atoms with Gasteiger partial charge in [-0.25, -0.2) is 0 Å². The lowest BCUT2D eigenvalue weighted by molar-refractivity contribution is 0.105. The number of hydrogen-bond donors (Lipinski definition) is 1. The van der Waals surface area contributed by atoms with Crippen LogP contribution in [0.15, 0.2) is 30.3 Å². The molecular weight excluding hydrogens is 256 g/mol. The number of likely N-dealkylation sites (tertiary alicyclic amines) is 1. The van der Waals surface area contributed by atoms with Crippen LogP contribution in [0.2, 0.25) is 0 Å². The zero-order valence-corrected chi connectivity index (χ0v) is 13.8. The van der Waals surface area contributed by atoms with Crippen molar-refractivity contribution < 1.29 is 0 Å². The highest BCUT2D eigenvalue weighted by atomic mass is 15.3. The molecule has 2 aliphatic heterocycles. The summed E-state index contributed by atoms with van der Waals surface area (Å²) in [6.07, 6.45) is 6.04. The lowest BCUT2D eigenvalue weighted by Crippen LogP contribution is -2.49. The van der Waals surface area contributed by atoms with Crippen LogP contribution in [0.4, 0.5) is 0 Å². The molecule has 2 nitrogen and oxygen atoms in total. The van der Waals surface area contributed by atoms with Gasteiger partial charge in [0.15, 0.2) is 0 Å². The fourth-order valence-electron chi connectivity index (χ4n) is 4.21. The van der Waals surface area contributed by atoms with Crippen LogP contribution < -0.4 is 5.32 Å². The first-order valence-corrected chi connectivity index (χ1v) is 8.56. The van der Waals surface area contributed by atoms with Gasteiger partial charge in [-0.3, -0.25) is 4.90 Å². The summed E-state index contributed by atoms with van der Waals surface area (Å²) in [6.45, 7) is 9.42. The van der Waals surface area contributed by atoms with E-state index >= 15 is 0 Å². The number of hydrogen-bond acceptors (Lipinski definition) is 2. The maximum atomic E-state index is 3.79. The average Bonchev–Trinajstić information content (AvgIpc) is 2.76. The van der Waals surface area contributed by atoms with E-state index < -0.39 is 0 Å². The van der Waals surface area contributed by atoms with E-state index in [9.17, 15) is 0 Å². The lowest BCUT2D eigenvalue weighted by atomic mass is 9.85. The first-order chi connectivity index (χ1) is 10.0. The molecule has 0 aliphatic carbocycles. The Balaban J connectivity index is 1.77. The molecular formula is C19H30N2. The Morgan fingerprint density at radius 2 is 1.95 bits per heavy atom. The number of nitrogens with one attached hydrogen (secondary N) is 1. The summed E-state index contributed by atoms with van der Waals surface area (Å²) in [6, 6.07) is 11.7. The van der Waals surface area contributed by atoms with Crippen molar-refractivity contribution in [3.8, 4) is 0 Å². The topological polar surface area (TPSA) is 15.3 Å². The third-order valence-corrected chi connectivity index (χ3v) is 5.01. The van der Waals surface area contributed by atoms with Gasteiger partial charge in [-0.2, -0.15) is 0 Å². The van der Waals surface area contributed by atoms with Crippen LogP contribution in [0.25, 0.3) is 0 Å². The van der Waals surface area contributed by atoms with E-state index in [1.54, 1.807) is 0 Å². The number of nitrogens with zero attached hydrogens (tertiary/aromatic N) is 1. The van der Waals surface area contributed by atoms with Gasteiger partial charge in [-0.05, 0) is 49.1 Å². The Morgan fingerprint density at radius 1 is 1.19 bits per heavy atom. The molecule has 0 spiro atoms. The largest absolute Gasteiger partial charge is 0.301 e. The quantitative estimate of drug-likeness (QED) is 0.902. The number of fused-ring (bicyclic) bond motifs is 1. The summed E-state index contributed by atoms with van der Waals surface area (Å²) < 4.78 is 0. The van der Waals surface area contributed by atoms with Gasteiger partial charge in [0.1, 0.15) is 0 Å². The highest BCUT2D eigenvalue weighted by molar-refractivity contribution is 5.15. The summed E-state index contributed by atoms with van der Waals surface area (Å²) in [5.74, 6) is 0.856. The van der Waals surface area contributed by atoms with E-state index in [1.165, 1.54) is 37.8 Å². The van der Waals surface area contributed by atoms with E-state index in [-0.39, 0.29) is 0 Å². The van der Waals surface area contributed by atoms with E-state index in [2.05, 4.69) is 61.3 Å². The van der Waals surface area contributed by atoms with Crippen molar-refractivity contribution in [1.29, 1.82) is 0 Å². The molecule has 1 N–H and O–H groups in total. The van der Waals surface area contributed by atoms with Crippen molar-refractivity contribution in [2.45, 2.75) is 65.2 Å². The molecule has 2 fully saturated rings. The number of piperidine rings is 1. The average molecular weight is 286 g/mol. The molecule has 2 aliphatic rings. The van der Waals surface area contributed by atoms with Crippen LogP contribution in [0.5, 0.6) is 0 Å². The van der Waals surface area contributed by atoms with Crippen LogP contribution in [-0.4, -0.2) is 23.7 Å². The highest BCUT2D eigenvalue weighted by Crippen LogP contribution is 2.39. The fraction of sp³-hybridized carbons (Fsp3) is 0.684. The van der Waals surface area contributed by atoms with Gasteiger partial charge in [0, 0.05) is 12.6 Å². The minimum absolute atomic E-state index is 0.410. The molecule has 0 radical (unpaired) electrons. The molecule has 1 aromatic carbocycles. The summed E-state index contributed by atoms with van der Waals surface area (Å²) in [7, 11) is 0. The summed E-state index contributed by atoms with van der Waals surface area (Å²) in [5.41, 5.74) is 1.86. The van der Waals surface area contributed by atoms with Crippen LogP contribution in [-0.2, 0) is 6.54 Å². The zero-order valence-electron chi connectivity index (χ0n) is 13.8. The monoisotopic (exact) mass is 286 g/mol. The van der Waals surface area contributed by atoms with Gasteiger partial charge >= 0.3 is 0 Å². The maximum Gasteiger partial charge on any atom is 0.0632 e. The van der Waals surface area contributed by atoms with Crippen molar-refractivity contribution >= 4 is 0 Å². The minimum atomic E-state index is 0.410.